The molecule has 0 aliphatic carbocycles. The molecule has 1 aliphatic rings. The van der Waals surface area contributed by atoms with Gasteiger partial charge in [0, 0.05) is 26.7 Å². The van der Waals surface area contributed by atoms with Crippen molar-refractivity contribution in [3.8, 4) is 0 Å². The van der Waals surface area contributed by atoms with Gasteiger partial charge in [-0.2, -0.15) is 17.0 Å². The van der Waals surface area contributed by atoms with Crippen LogP contribution in [0.1, 0.15) is 5.56 Å². The highest BCUT2D eigenvalue weighted by Crippen LogP contribution is 2.26. The molecule has 0 radical (unpaired) electrons. The third-order valence-corrected chi connectivity index (χ3v) is 4.70. The smallest absolute Gasteiger partial charge is 0.195 e. The molecule has 2 atom stereocenters. The molecule has 1 unspecified atom stereocenters. The SMILES string of the molecule is CN(C)S(=O)(=O)N1C[C@@H]1Cc1ccccc1. The van der Waals surface area contributed by atoms with Gasteiger partial charge in [0.05, 0.1) is 0 Å². The minimum atomic E-state index is -3.21. The molecule has 1 fully saturated rings. The molecule has 1 aromatic rings. The van der Waals surface area contributed by atoms with Gasteiger partial charge in [0.25, 0.3) is 10.2 Å². The van der Waals surface area contributed by atoms with Crippen LogP contribution in [-0.4, -0.2) is 43.7 Å². The van der Waals surface area contributed by atoms with Crippen molar-refractivity contribution in [1.29, 1.82) is 0 Å². The number of hydrogen-bond acceptors (Lipinski definition) is 2. The fourth-order valence-electron chi connectivity index (χ4n) is 1.71. The number of benzene rings is 1. The van der Waals surface area contributed by atoms with Crippen LogP contribution >= 0.6 is 0 Å². The molecule has 0 N–H and O–H groups in total. The molecule has 1 saturated heterocycles. The first-order valence-corrected chi connectivity index (χ1v) is 6.65. The molecule has 16 heavy (non-hydrogen) atoms. The van der Waals surface area contributed by atoms with Crippen LogP contribution in [0.15, 0.2) is 30.3 Å². The predicted octanol–water partition coefficient (Wildman–Crippen LogP) is 0.720. The van der Waals surface area contributed by atoms with Gasteiger partial charge in [0.2, 0.25) is 0 Å². The zero-order valence-electron chi connectivity index (χ0n) is 9.50. The second-order valence-electron chi connectivity index (χ2n) is 4.20. The second kappa shape index (κ2) is 4.16. The monoisotopic (exact) mass is 240 g/mol. The Balaban J connectivity index is 1.99. The molecule has 88 valence electrons. The van der Waals surface area contributed by atoms with Crippen molar-refractivity contribution in [3.05, 3.63) is 35.9 Å². The first kappa shape index (κ1) is 11.6. The molecule has 1 aliphatic heterocycles. The summed E-state index contributed by atoms with van der Waals surface area (Å²) < 4.78 is 26.3. The highest BCUT2D eigenvalue weighted by Gasteiger charge is 2.44. The van der Waals surface area contributed by atoms with Crippen LogP contribution in [0.3, 0.4) is 0 Å². The van der Waals surface area contributed by atoms with E-state index in [1.165, 1.54) is 14.2 Å². The summed E-state index contributed by atoms with van der Waals surface area (Å²) in [7, 11) is -0.0808. The standard InChI is InChI=1S/C11H16N2O2S/c1-12(2)16(14,15)13-9-11(13)8-10-6-4-3-5-7-10/h3-7,11H,8-9H2,1-2H3/t11-,13?/m0/s1. The summed E-state index contributed by atoms with van der Waals surface area (Å²) in [6.45, 7) is 0.634. The van der Waals surface area contributed by atoms with Crippen molar-refractivity contribution >= 4 is 10.2 Å². The third kappa shape index (κ3) is 2.26. The maximum atomic E-state index is 11.7. The van der Waals surface area contributed by atoms with Crippen molar-refractivity contribution in [2.75, 3.05) is 20.6 Å². The molecular formula is C11H16N2O2S. The van der Waals surface area contributed by atoms with Gasteiger partial charge in [-0.05, 0) is 12.0 Å². The van der Waals surface area contributed by atoms with Crippen LogP contribution in [0.4, 0.5) is 0 Å². The van der Waals surface area contributed by atoms with Gasteiger partial charge in [0.15, 0.2) is 0 Å². The normalized spacial score (nSPS) is 24.7. The van der Waals surface area contributed by atoms with E-state index in [1.807, 2.05) is 30.3 Å². The van der Waals surface area contributed by atoms with E-state index in [-0.39, 0.29) is 6.04 Å². The van der Waals surface area contributed by atoms with E-state index in [9.17, 15) is 8.42 Å². The first-order valence-electron chi connectivity index (χ1n) is 5.25. The Bertz CT molecular complexity index is 456. The molecule has 0 amide bonds. The highest BCUT2D eigenvalue weighted by atomic mass is 32.2. The van der Waals surface area contributed by atoms with Crippen LogP contribution < -0.4 is 0 Å². The molecule has 1 heterocycles. The summed E-state index contributed by atoms with van der Waals surface area (Å²) in [5.74, 6) is 0. The zero-order valence-corrected chi connectivity index (χ0v) is 10.3. The molecule has 5 heteroatoms. The van der Waals surface area contributed by atoms with Crippen molar-refractivity contribution < 1.29 is 8.42 Å². The predicted molar refractivity (Wildman–Crippen MR) is 63.2 cm³/mol. The van der Waals surface area contributed by atoms with Crippen LogP contribution in [0.2, 0.25) is 0 Å². The Hall–Kier alpha value is -0.910. The van der Waals surface area contributed by atoms with Crippen LogP contribution in [0.5, 0.6) is 0 Å². The number of nitrogens with zero attached hydrogens (tertiary/aromatic N) is 2. The van der Waals surface area contributed by atoms with Crippen molar-refractivity contribution in [1.82, 2.24) is 8.61 Å². The quantitative estimate of drug-likeness (QED) is 0.728. The van der Waals surface area contributed by atoms with E-state index in [1.54, 1.807) is 14.1 Å². The van der Waals surface area contributed by atoms with E-state index < -0.39 is 10.2 Å². The highest BCUT2D eigenvalue weighted by molar-refractivity contribution is 7.87. The Labute approximate surface area is 96.7 Å². The Morgan fingerprint density at radius 2 is 1.94 bits per heavy atom. The van der Waals surface area contributed by atoms with Crippen LogP contribution in [-0.2, 0) is 16.6 Å². The fraction of sp³-hybridized carbons (Fsp3) is 0.455. The number of rotatable bonds is 4. The maximum absolute atomic E-state index is 11.7. The van der Waals surface area contributed by atoms with Gasteiger partial charge >= 0.3 is 0 Å². The van der Waals surface area contributed by atoms with Gasteiger partial charge in [0.1, 0.15) is 0 Å². The summed E-state index contributed by atoms with van der Waals surface area (Å²) in [5.41, 5.74) is 1.18. The summed E-state index contributed by atoms with van der Waals surface area (Å²) in [5, 5.41) is 0. The Morgan fingerprint density at radius 3 is 2.50 bits per heavy atom. The average Bonchev–Trinajstić information content (AvgIpc) is 2.99. The Kier molecular flexibility index (Phi) is 3.01. The molecule has 0 bridgehead atoms. The Morgan fingerprint density at radius 1 is 1.31 bits per heavy atom. The van der Waals surface area contributed by atoms with Gasteiger partial charge in [-0.1, -0.05) is 30.3 Å². The summed E-state index contributed by atoms with van der Waals surface area (Å²) in [4.78, 5) is 0. The lowest BCUT2D eigenvalue weighted by Gasteiger charge is -2.12. The summed E-state index contributed by atoms with van der Waals surface area (Å²) in [6.07, 6.45) is 0.800. The number of hydrogen-bond donors (Lipinski definition) is 0. The van der Waals surface area contributed by atoms with Gasteiger partial charge in [-0.3, -0.25) is 0 Å². The fourth-order valence-corrected chi connectivity index (χ4v) is 2.94. The maximum Gasteiger partial charge on any atom is 0.281 e. The van der Waals surface area contributed by atoms with E-state index in [0.29, 0.717) is 6.54 Å². The molecule has 1 aromatic carbocycles. The van der Waals surface area contributed by atoms with Gasteiger partial charge < -0.3 is 0 Å². The van der Waals surface area contributed by atoms with Crippen LogP contribution in [0, 0.1) is 0 Å². The molecule has 4 nitrogen and oxygen atoms in total. The van der Waals surface area contributed by atoms with E-state index in [0.717, 1.165) is 6.42 Å². The van der Waals surface area contributed by atoms with Gasteiger partial charge in [-0.15, -0.1) is 0 Å². The lowest BCUT2D eigenvalue weighted by Crippen LogP contribution is -2.30. The van der Waals surface area contributed by atoms with Crippen molar-refractivity contribution in [3.63, 3.8) is 0 Å². The molecule has 2 rings (SSSR count). The lowest BCUT2D eigenvalue weighted by molar-refractivity contribution is 0.477. The lowest BCUT2D eigenvalue weighted by atomic mass is 10.1. The summed E-state index contributed by atoms with van der Waals surface area (Å²) >= 11 is 0. The van der Waals surface area contributed by atoms with Crippen molar-refractivity contribution in [2.24, 2.45) is 0 Å². The molecule has 0 spiro atoms. The summed E-state index contributed by atoms with van der Waals surface area (Å²) in [6, 6.07) is 10.1. The van der Waals surface area contributed by atoms with E-state index in [2.05, 4.69) is 0 Å². The topological polar surface area (TPSA) is 40.4 Å². The zero-order chi connectivity index (χ0) is 11.8. The first-order chi connectivity index (χ1) is 7.51. The van der Waals surface area contributed by atoms with E-state index in [4.69, 9.17) is 0 Å². The molecule has 0 aromatic heterocycles. The minimum absolute atomic E-state index is 0.134. The van der Waals surface area contributed by atoms with E-state index >= 15 is 0 Å². The largest absolute Gasteiger partial charge is 0.281 e. The second-order valence-corrected chi connectivity index (χ2v) is 6.30. The average molecular weight is 240 g/mol. The minimum Gasteiger partial charge on any atom is -0.195 e. The molecule has 0 saturated carbocycles. The molecular weight excluding hydrogens is 224 g/mol. The van der Waals surface area contributed by atoms with Crippen molar-refractivity contribution in [2.45, 2.75) is 12.5 Å². The third-order valence-electron chi connectivity index (χ3n) is 2.74. The van der Waals surface area contributed by atoms with Crippen LogP contribution in [0.25, 0.3) is 0 Å². The van der Waals surface area contributed by atoms with Gasteiger partial charge in [-0.25, -0.2) is 0 Å².